The van der Waals surface area contributed by atoms with Crippen LogP contribution in [0.2, 0.25) is 0 Å². The highest BCUT2D eigenvalue weighted by molar-refractivity contribution is 8.71. The zero-order valence-electron chi connectivity index (χ0n) is 9.67. The average molecular weight is 274 g/mol. The van der Waals surface area contributed by atoms with Gasteiger partial charge in [0.05, 0.1) is 5.56 Å². The van der Waals surface area contributed by atoms with Gasteiger partial charge in [0.1, 0.15) is 6.61 Å². The zero-order valence-corrected chi connectivity index (χ0v) is 11.3. The number of esters is 1. The van der Waals surface area contributed by atoms with Crippen LogP contribution in [-0.4, -0.2) is 33.0 Å². The second-order valence-electron chi connectivity index (χ2n) is 3.53. The zero-order chi connectivity index (χ0) is 12.9. The van der Waals surface area contributed by atoms with Crippen LogP contribution in [0.3, 0.4) is 0 Å². The van der Waals surface area contributed by atoms with Crippen LogP contribution < -0.4 is 0 Å². The van der Waals surface area contributed by atoms with Crippen molar-refractivity contribution in [2.75, 3.05) is 18.6 Å². The molecule has 0 saturated carbocycles. The molecule has 0 saturated heterocycles. The van der Waals surface area contributed by atoms with Gasteiger partial charge in [0.25, 0.3) is 0 Å². The first-order valence-corrected chi connectivity index (χ1v) is 8.36. The van der Waals surface area contributed by atoms with Gasteiger partial charge in [-0.2, -0.15) is 0 Å². The van der Waals surface area contributed by atoms with Gasteiger partial charge in [-0.15, -0.1) is 0 Å². The van der Waals surface area contributed by atoms with Crippen molar-refractivity contribution in [1.29, 1.82) is 0 Å². The van der Waals surface area contributed by atoms with Gasteiger partial charge in [0, 0.05) is 12.0 Å². The van der Waals surface area contributed by atoms with Crippen LogP contribution in [0.15, 0.2) is 24.3 Å². The Hall–Kier alpha value is -1.01. The highest BCUT2D eigenvalue weighted by Crippen LogP contribution is 2.10. The van der Waals surface area contributed by atoms with Gasteiger partial charge in [-0.25, -0.2) is 13.2 Å². The van der Waals surface area contributed by atoms with Gasteiger partial charge in [-0.1, -0.05) is 17.7 Å². The number of aryl methyl sites for hydroxylation is 1. The maximum atomic E-state index is 11.5. The van der Waals surface area contributed by atoms with E-state index in [9.17, 15) is 13.2 Å². The quantitative estimate of drug-likeness (QED) is 0.466. The van der Waals surface area contributed by atoms with Crippen molar-refractivity contribution >= 4 is 25.6 Å². The van der Waals surface area contributed by atoms with Gasteiger partial charge >= 0.3 is 5.97 Å². The summed E-state index contributed by atoms with van der Waals surface area (Å²) in [5, 5.41) is 0. The summed E-state index contributed by atoms with van der Waals surface area (Å²) < 4.78 is 26.6. The van der Waals surface area contributed by atoms with E-state index in [4.69, 9.17) is 4.74 Å². The molecule has 0 atom stereocenters. The summed E-state index contributed by atoms with van der Waals surface area (Å²) in [6, 6.07) is 7.01. The van der Waals surface area contributed by atoms with E-state index in [2.05, 4.69) is 0 Å². The molecule has 0 spiro atoms. The molecule has 0 bridgehead atoms. The summed E-state index contributed by atoms with van der Waals surface area (Å²) in [7, 11) is -2.30. The lowest BCUT2D eigenvalue weighted by atomic mass is 10.1. The molecule has 0 radical (unpaired) electrons. The molecule has 94 valence electrons. The summed E-state index contributed by atoms with van der Waals surface area (Å²) in [5.74, 6) is -0.185. The molecule has 0 aliphatic carbocycles. The maximum Gasteiger partial charge on any atom is 0.338 e. The predicted molar refractivity (Wildman–Crippen MR) is 68.8 cm³/mol. The van der Waals surface area contributed by atoms with Crippen LogP contribution in [0.4, 0.5) is 0 Å². The molecule has 0 N–H and O–H groups in total. The Morgan fingerprint density at radius 3 is 2.41 bits per heavy atom. The van der Waals surface area contributed by atoms with E-state index in [1.54, 1.807) is 12.1 Å². The summed E-state index contributed by atoms with van der Waals surface area (Å²) >= 11 is 0. The third-order valence-corrected chi connectivity index (χ3v) is 4.45. The van der Waals surface area contributed by atoms with Gasteiger partial charge in [0.15, 0.2) is 8.87 Å². The molecule has 0 aliphatic rings. The van der Waals surface area contributed by atoms with E-state index in [0.29, 0.717) is 5.56 Å². The van der Waals surface area contributed by atoms with Crippen molar-refractivity contribution < 1.29 is 17.9 Å². The molecular formula is C11H14O4S2. The average Bonchev–Trinajstić information content (AvgIpc) is 2.24. The fourth-order valence-corrected chi connectivity index (χ4v) is 2.66. The van der Waals surface area contributed by atoms with E-state index < -0.39 is 14.8 Å². The molecule has 4 nitrogen and oxygen atoms in total. The molecule has 0 unspecified atom stereocenters. The Morgan fingerprint density at radius 1 is 1.29 bits per heavy atom. The summed E-state index contributed by atoms with van der Waals surface area (Å²) in [5.41, 5.74) is 1.54. The van der Waals surface area contributed by atoms with Crippen LogP contribution in [0.25, 0.3) is 0 Å². The largest absolute Gasteiger partial charge is 0.461 e. The Labute approximate surface area is 105 Å². The second kappa shape index (κ2) is 6.07. The van der Waals surface area contributed by atoms with Crippen molar-refractivity contribution in [1.82, 2.24) is 0 Å². The fourth-order valence-electron chi connectivity index (χ4n) is 1.09. The first-order valence-electron chi connectivity index (χ1n) is 4.97. The molecule has 0 amide bonds. The first kappa shape index (κ1) is 14.1. The summed E-state index contributed by atoms with van der Waals surface area (Å²) in [6.07, 6.45) is 1.12. The maximum absolute atomic E-state index is 11.5. The van der Waals surface area contributed by atoms with Crippen molar-refractivity contribution in [2.45, 2.75) is 6.92 Å². The molecule has 17 heavy (non-hydrogen) atoms. The van der Waals surface area contributed by atoms with Crippen molar-refractivity contribution in [3.8, 4) is 0 Å². The summed E-state index contributed by atoms with van der Waals surface area (Å²) in [4.78, 5) is 11.5. The molecular weight excluding hydrogens is 260 g/mol. The third kappa shape index (κ3) is 5.74. The lowest BCUT2D eigenvalue weighted by Gasteiger charge is -2.04. The van der Waals surface area contributed by atoms with Crippen LogP contribution in [0.1, 0.15) is 15.9 Å². The molecule has 1 rings (SSSR count). The minimum Gasteiger partial charge on any atom is -0.461 e. The van der Waals surface area contributed by atoms with Crippen LogP contribution in [0, 0.1) is 6.92 Å². The lowest BCUT2D eigenvalue weighted by molar-refractivity contribution is 0.0530. The normalized spacial score (nSPS) is 11.2. The van der Waals surface area contributed by atoms with E-state index in [0.717, 1.165) is 22.6 Å². The van der Waals surface area contributed by atoms with Crippen LogP contribution >= 0.6 is 10.8 Å². The van der Waals surface area contributed by atoms with Crippen molar-refractivity contribution in [3.63, 3.8) is 0 Å². The lowest BCUT2D eigenvalue weighted by Crippen LogP contribution is -2.08. The number of benzene rings is 1. The van der Waals surface area contributed by atoms with E-state index in [-0.39, 0.29) is 12.4 Å². The Kier molecular flexibility index (Phi) is 5.02. The van der Waals surface area contributed by atoms with Gasteiger partial charge in [-0.3, -0.25) is 0 Å². The van der Waals surface area contributed by atoms with Gasteiger partial charge in [-0.05, 0) is 29.9 Å². The molecule has 0 fully saturated rings. The van der Waals surface area contributed by atoms with E-state index in [1.165, 1.54) is 0 Å². The predicted octanol–water partition coefficient (Wildman–Crippen LogP) is 1.84. The summed E-state index contributed by atoms with van der Waals surface area (Å²) in [6.45, 7) is 2.02. The van der Waals surface area contributed by atoms with Crippen molar-refractivity contribution in [2.24, 2.45) is 0 Å². The van der Waals surface area contributed by atoms with Gasteiger partial charge < -0.3 is 4.74 Å². The Balaban J connectivity index is 2.38. The highest BCUT2D eigenvalue weighted by atomic mass is 33.1. The minimum absolute atomic E-state index is 0.0877. The smallest absolute Gasteiger partial charge is 0.338 e. The number of carbonyl (C=O) groups is 1. The van der Waals surface area contributed by atoms with Crippen LogP contribution in [-0.2, 0) is 13.6 Å². The molecule has 0 aliphatic heterocycles. The number of hydrogen-bond donors (Lipinski definition) is 0. The third-order valence-electron chi connectivity index (χ3n) is 1.90. The minimum atomic E-state index is -3.07. The topological polar surface area (TPSA) is 60.4 Å². The van der Waals surface area contributed by atoms with Crippen molar-refractivity contribution in [3.05, 3.63) is 35.4 Å². The molecule has 0 heterocycles. The Bertz CT molecular complexity index is 477. The number of hydrogen-bond acceptors (Lipinski definition) is 5. The van der Waals surface area contributed by atoms with Gasteiger partial charge in [0.2, 0.25) is 0 Å². The molecule has 1 aromatic rings. The standard InChI is InChI=1S/C11H14O4S2/c1-9-3-5-10(6-4-9)11(12)15-7-8-16-17(2,13)14/h3-6H,7-8H2,1-2H3. The highest BCUT2D eigenvalue weighted by Gasteiger charge is 2.07. The molecule has 0 aromatic heterocycles. The number of carbonyl (C=O) groups excluding carboxylic acids is 1. The SMILES string of the molecule is Cc1ccc(C(=O)OCCSS(C)(=O)=O)cc1. The van der Waals surface area contributed by atoms with E-state index >= 15 is 0 Å². The number of ether oxygens (including phenoxy) is 1. The van der Waals surface area contributed by atoms with E-state index in [1.807, 2.05) is 19.1 Å². The Morgan fingerprint density at radius 2 is 1.88 bits per heavy atom. The number of rotatable bonds is 5. The van der Waals surface area contributed by atoms with Crippen LogP contribution in [0.5, 0.6) is 0 Å². The molecule has 6 heteroatoms. The first-order chi connectivity index (χ1) is 7.88. The molecule has 1 aromatic carbocycles. The fraction of sp³-hybridized carbons (Fsp3) is 0.364. The second-order valence-corrected chi connectivity index (χ2v) is 8.10. The monoisotopic (exact) mass is 274 g/mol.